The molecule has 0 bridgehead atoms. The Balaban J connectivity index is 2.09. The molecule has 0 saturated heterocycles. The SMILES string of the molecule is NCc1ccc(F)cc1C1CCc2cccnc21. The standard InChI is InChI=1S/C15H15FN2/c16-12-5-3-11(9-17)14(8-12)13-6-4-10-2-1-7-18-15(10)13/h1-3,5,7-8,13H,4,6,9,17H2. The van der Waals surface area contributed by atoms with Gasteiger partial charge in [-0.1, -0.05) is 12.1 Å². The molecule has 0 aliphatic heterocycles. The molecule has 3 rings (SSSR count). The quantitative estimate of drug-likeness (QED) is 0.879. The Morgan fingerprint density at radius 3 is 3.06 bits per heavy atom. The highest BCUT2D eigenvalue weighted by atomic mass is 19.1. The lowest BCUT2D eigenvalue weighted by Crippen LogP contribution is -2.07. The summed E-state index contributed by atoms with van der Waals surface area (Å²) >= 11 is 0. The van der Waals surface area contributed by atoms with Crippen LogP contribution in [0.15, 0.2) is 36.5 Å². The van der Waals surface area contributed by atoms with E-state index in [1.165, 1.54) is 11.6 Å². The van der Waals surface area contributed by atoms with E-state index < -0.39 is 0 Å². The maximum absolute atomic E-state index is 13.5. The van der Waals surface area contributed by atoms with Crippen LogP contribution < -0.4 is 5.73 Å². The summed E-state index contributed by atoms with van der Waals surface area (Å²) in [6.07, 6.45) is 3.80. The zero-order valence-electron chi connectivity index (χ0n) is 10.1. The van der Waals surface area contributed by atoms with Gasteiger partial charge in [-0.2, -0.15) is 0 Å². The number of rotatable bonds is 2. The minimum Gasteiger partial charge on any atom is -0.326 e. The van der Waals surface area contributed by atoms with Crippen molar-refractivity contribution < 1.29 is 4.39 Å². The molecule has 1 aromatic carbocycles. The number of pyridine rings is 1. The van der Waals surface area contributed by atoms with E-state index in [-0.39, 0.29) is 11.7 Å². The molecule has 0 fully saturated rings. The van der Waals surface area contributed by atoms with Crippen LogP contribution >= 0.6 is 0 Å². The van der Waals surface area contributed by atoms with Crippen molar-refractivity contribution in [3.63, 3.8) is 0 Å². The molecule has 2 aromatic rings. The summed E-state index contributed by atoms with van der Waals surface area (Å²) in [5.74, 6) is -0.0120. The highest BCUT2D eigenvalue weighted by molar-refractivity contribution is 5.41. The fourth-order valence-electron chi connectivity index (χ4n) is 2.79. The summed E-state index contributed by atoms with van der Waals surface area (Å²) in [6, 6.07) is 8.92. The first-order valence-electron chi connectivity index (χ1n) is 6.22. The van der Waals surface area contributed by atoms with E-state index in [0.717, 1.165) is 29.7 Å². The van der Waals surface area contributed by atoms with Gasteiger partial charge in [0.2, 0.25) is 0 Å². The largest absolute Gasteiger partial charge is 0.326 e. The highest BCUT2D eigenvalue weighted by Crippen LogP contribution is 2.38. The van der Waals surface area contributed by atoms with Gasteiger partial charge in [-0.05, 0) is 47.7 Å². The van der Waals surface area contributed by atoms with Crippen LogP contribution in [0.4, 0.5) is 4.39 Å². The van der Waals surface area contributed by atoms with E-state index in [9.17, 15) is 4.39 Å². The van der Waals surface area contributed by atoms with Gasteiger partial charge in [-0.25, -0.2) is 4.39 Å². The van der Waals surface area contributed by atoms with E-state index >= 15 is 0 Å². The molecule has 0 amide bonds. The number of hydrogen-bond donors (Lipinski definition) is 1. The van der Waals surface area contributed by atoms with Crippen LogP contribution in [-0.4, -0.2) is 4.98 Å². The summed E-state index contributed by atoms with van der Waals surface area (Å²) in [5, 5.41) is 0. The molecule has 2 nitrogen and oxygen atoms in total. The third kappa shape index (κ3) is 1.81. The van der Waals surface area contributed by atoms with Crippen molar-refractivity contribution in [2.45, 2.75) is 25.3 Å². The maximum Gasteiger partial charge on any atom is 0.123 e. The third-order valence-corrected chi connectivity index (χ3v) is 3.66. The van der Waals surface area contributed by atoms with Gasteiger partial charge in [0, 0.05) is 18.7 Å². The van der Waals surface area contributed by atoms with E-state index in [1.54, 1.807) is 18.3 Å². The summed E-state index contributed by atoms with van der Waals surface area (Å²) < 4.78 is 13.5. The molecular weight excluding hydrogens is 227 g/mol. The number of nitrogens with zero attached hydrogens (tertiary/aromatic N) is 1. The van der Waals surface area contributed by atoms with Gasteiger partial charge >= 0.3 is 0 Å². The molecule has 3 heteroatoms. The molecule has 2 N–H and O–H groups in total. The lowest BCUT2D eigenvalue weighted by molar-refractivity contribution is 0.620. The summed E-state index contributed by atoms with van der Waals surface area (Å²) in [6.45, 7) is 0.439. The predicted octanol–water partition coefficient (Wildman–Crippen LogP) is 2.76. The lowest BCUT2D eigenvalue weighted by Gasteiger charge is -2.15. The van der Waals surface area contributed by atoms with Gasteiger partial charge in [-0.15, -0.1) is 0 Å². The second-order valence-electron chi connectivity index (χ2n) is 4.69. The molecule has 1 heterocycles. The maximum atomic E-state index is 13.5. The first-order chi connectivity index (χ1) is 8.79. The van der Waals surface area contributed by atoms with Crippen LogP contribution in [0.3, 0.4) is 0 Å². The Morgan fingerprint density at radius 1 is 1.33 bits per heavy atom. The fourth-order valence-corrected chi connectivity index (χ4v) is 2.79. The zero-order valence-corrected chi connectivity index (χ0v) is 10.1. The molecule has 0 spiro atoms. The Morgan fingerprint density at radius 2 is 2.22 bits per heavy atom. The van der Waals surface area contributed by atoms with Crippen LogP contribution in [0.25, 0.3) is 0 Å². The molecular formula is C15H15FN2. The number of halogens is 1. The molecule has 1 aromatic heterocycles. The Hall–Kier alpha value is -1.74. The fraction of sp³-hybridized carbons (Fsp3) is 0.267. The first kappa shape index (κ1) is 11.4. The molecule has 1 unspecified atom stereocenters. The molecule has 0 radical (unpaired) electrons. The number of hydrogen-bond acceptors (Lipinski definition) is 2. The van der Waals surface area contributed by atoms with Gasteiger partial charge in [0.05, 0.1) is 5.69 Å². The van der Waals surface area contributed by atoms with Gasteiger partial charge < -0.3 is 5.73 Å². The van der Waals surface area contributed by atoms with E-state index in [0.29, 0.717) is 6.54 Å². The number of aryl methyl sites for hydroxylation is 1. The van der Waals surface area contributed by atoms with Crippen LogP contribution in [0, 0.1) is 5.82 Å². The molecule has 0 saturated carbocycles. The van der Waals surface area contributed by atoms with Gasteiger partial charge in [0.1, 0.15) is 5.82 Å². The van der Waals surface area contributed by atoms with Crippen LogP contribution in [-0.2, 0) is 13.0 Å². The van der Waals surface area contributed by atoms with Crippen molar-refractivity contribution in [3.8, 4) is 0 Å². The first-order valence-corrected chi connectivity index (χ1v) is 6.22. The van der Waals surface area contributed by atoms with Gasteiger partial charge in [-0.3, -0.25) is 4.98 Å². The second kappa shape index (κ2) is 4.50. The van der Waals surface area contributed by atoms with E-state index in [2.05, 4.69) is 11.1 Å². The van der Waals surface area contributed by atoms with E-state index in [4.69, 9.17) is 5.73 Å². The predicted molar refractivity (Wildman–Crippen MR) is 68.7 cm³/mol. The van der Waals surface area contributed by atoms with Crippen LogP contribution in [0.5, 0.6) is 0 Å². The van der Waals surface area contributed by atoms with Gasteiger partial charge in [0.15, 0.2) is 0 Å². The highest BCUT2D eigenvalue weighted by Gasteiger charge is 2.26. The molecule has 1 aliphatic carbocycles. The van der Waals surface area contributed by atoms with Crippen molar-refractivity contribution >= 4 is 0 Å². The lowest BCUT2D eigenvalue weighted by atomic mass is 9.92. The minimum atomic E-state index is -0.202. The van der Waals surface area contributed by atoms with Gasteiger partial charge in [0.25, 0.3) is 0 Å². The third-order valence-electron chi connectivity index (χ3n) is 3.66. The summed E-state index contributed by atoms with van der Waals surface area (Å²) in [7, 11) is 0. The summed E-state index contributed by atoms with van der Waals surface area (Å²) in [4.78, 5) is 4.46. The van der Waals surface area contributed by atoms with Crippen molar-refractivity contribution in [2.24, 2.45) is 5.73 Å². The minimum absolute atomic E-state index is 0.190. The Bertz CT molecular complexity index is 580. The van der Waals surface area contributed by atoms with Crippen LogP contribution in [0.2, 0.25) is 0 Å². The topological polar surface area (TPSA) is 38.9 Å². The smallest absolute Gasteiger partial charge is 0.123 e. The average Bonchev–Trinajstić information content (AvgIpc) is 2.82. The normalized spacial score (nSPS) is 17.8. The number of nitrogens with two attached hydrogens (primary N) is 1. The Kier molecular flexibility index (Phi) is 2.84. The van der Waals surface area contributed by atoms with Crippen molar-refractivity contribution in [3.05, 3.63) is 64.7 Å². The second-order valence-corrected chi connectivity index (χ2v) is 4.69. The number of aromatic nitrogens is 1. The van der Waals surface area contributed by atoms with E-state index in [1.807, 2.05) is 6.07 Å². The molecule has 1 atom stereocenters. The van der Waals surface area contributed by atoms with Crippen molar-refractivity contribution in [1.29, 1.82) is 0 Å². The van der Waals surface area contributed by atoms with Crippen molar-refractivity contribution in [1.82, 2.24) is 4.98 Å². The molecule has 1 aliphatic rings. The molecule has 18 heavy (non-hydrogen) atoms. The Labute approximate surface area is 106 Å². The number of fused-ring (bicyclic) bond motifs is 1. The average molecular weight is 242 g/mol. The summed E-state index contributed by atoms with van der Waals surface area (Å²) in [5.41, 5.74) is 10.1. The monoisotopic (exact) mass is 242 g/mol. The van der Waals surface area contributed by atoms with Crippen LogP contribution in [0.1, 0.15) is 34.7 Å². The number of benzene rings is 1. The zero-order chi connectivity index (χ0) is 12.5. The van der Waals surface area contributed by atoms with Crippen molar-refractivity contribution in [2.75, 3.05) is 0 Å². The molecule has 92 valence electrons.